The molecule has 2 heterocycles. The van der Waals surface area contributed by atoms with Gasteiger partial charge >= 0.3 is 0 Å². The van der Waals surface area contributed by atoms with Gasteiger partial charge in [0.15, 0.2) is 0 Å². The number of anilines is 1. The lowest BCUT2D eigenvalue weighted by atomic mass is 9.90. The molecule has 1 saturated heterocycles. The topological polar surface area (TPSA) is 73.8 Å². The van der Waals surface area contributed by atoms with Crippen LogP contribution in [-0.2, 0) is 17.9 Å². The van der Waals surface area contributed by atoms with Crippen LogP contribution >= 0.6 is 0 Å². The first-order chi connectivity index (χ1) is 20.1. The molecule has 1 unspecified atom stereocenters. The first-order valence-electron chi connectivity index (χ1n) is 14.4. The zero-order valence-corrected chi connectivity index (χ0v) is 23.1. The molecule has 41 heavy (non-hydrogen) atoms. The molecule has 1 fully saturated rings. The third kappa shape index (κ3) is 6.28. The lowest BCUT2D eigenvalue weighted by Gasteiger charge is -2.26. The van der Waals surface area contributed by atoms with E-state index in [2.05, 4.69) is 27.7 Å². The largest absolute Gasteiger partial charge is 0.348 e. The van der Waals surface area contributed by atoms with E-state index in [4.69, 9.17) is 4.99 Å². The lowest BCUT2D eigenvalue weighted by Crippen LogP contribution is -2.28. The van der Waals surface area contributed by atoms with Crippen molar-refractivity contribution in [3.05, 3.63) is 131 Å². The van der Waals surface area contributed by atoms with Gasteiger partial charge in [-0.25, -0.2) is 0 Å². The number of hydrogen-bond acceptors (Lipinski definition) is 4. The van der Waals surface area contributed by atoms with Crippen molar-refractivity contribution in [1.29, 1.82) is 0 Å². The maximum atomic E-state index is 13.4. The lowest BCUT2D eigenvalue weighted by molar-refractivity contribution is -0.115. The van der Waals surface area contributed by atoms with Gasteiger partial charge in [0, 0.05) is 24.3 Å². The molecule has 2 aliphatic heterocycles. The van der Waals surface area contributed by atoms with Gasteiger partial charge in [-0.05, 0) is 72.5 Å². The molecule has 6 heteroatoms. The third-order valence-electron chi connectivity index (χ3n) is 7.83. The van der Waals surface area contributed by atoms with Gasteiger partial charge in [0.1, 0.15) is 5.92 Å². The van der Waals surface area contributed by atoms with Crippen LogP contribution in [0.25, 0.3) is 0 Å². The van der Waals surface area contributed by atoms with Crippen LogP contribution in [0.4, 0.5) is 11.4 Å². The quantitative estimate of drug-likeness (QED) is 0.251. The molecule has 0 saturated carbocycles. The van der Waals surface area contributed by atoms with Crippen molar-refractivity contribution >= 4 is 28.9 Å². The Kier molecular flexibility index (Phi) is 8.01. The molecule has 0 radical (unpaired) electrons. The monoisotopic (exact) mass is 542 g/mol. The summed E-state index contributed by atoms with van der Waals surface area (Å²) in [6.45, 7) is 3.71. The van der Waals surface area contributed by atoms with Gasteiger partial charge in [-0.3, -0.25) is 19.5 Å². The smallest absolute Gasteiger partial charge is 0.251 e. The summed E-state index contributed by atoms with van der Waals surface area (Å²) in [6.07, 6.45) is 3.87. The van der Waals surface area contributed by atoms with Crippen LogP contribution in [0.5, 0.6) is 0 Å². The third-order valence-corrected chi connectivity index (χ3v) is 7.83. The summed E-state index contributed by atoms with van der Waals surface area (Å²) in [5.41, 5.74) is 6.65. The molecule has 0 aliphatic carbocycles. The summed E-state index contributed by atoms with van der Waals surface area (Å²) < 4.78 is 0. The number of likely N-dealkylation sites (tertiary alicyclic amines) is 1. The number of nitrogens with one attached hydrogen (secondary N) is 2. The van der Waals surface area contributed by atoms with E-state index in [-0.39, 0.29) is 11.8 Å². The summed E-state index contributed by atoms with van der Waals surface area (Å²) in [6, 6.07) is 33.4. The highest BCUT2D eigenvalue weighted by molar-refractivity contribution is 6.24. The van der Waals surface area contributed by atoms with Crippen molar-refractivity contribution in [3.8, 4) is 0 Å². The second-order valence-electron chi connectivity index (χ2n) is 10.8. The van der Waals surface area contributed by atoms with Crippen molar-refractivity contribution in [2.75, 3.05) is 18.4 Å². The Morgan fingerprint density at radius 3 is 2.24 bits per heavy atom. The van der Waals surface area contributed by atoms with Gasteiger partial charge in [0.05, 0.1) is 11.4 Å². The molecule has 2 aliphatic rings. The number of aliphatic imine (C=N–C) groups is 1. The van der Waals surface area contributed by atoms with Crippen LogP contribution in [0.2, 0.25) is 0 Å². The summed E-state index contributed by atoms with van der Waals surface area (Å²) in [4.78, 5) is 33.8. The highest BCUT2D eigenvalue weighted by Gasteiger charge is 2.36. The molecule has 4 aromatic rings. The minimum absolute atomic E-state index is 0.147. The molecule has 2 N–H and O–H groups in total. The Balaban J connectivity index is 1.25. The van der Waals surface area contributed by atoms with Crippen LogP contribution in [-0.4, -0.2) is 35.5 Å². The second kappa shape index (κ2) is 12.3. The van der Waals surface area contributed by atoms with E-state index >= 15 is 0 Å². The number of benzene rings is 4. The first-order valence-corrected chi connectivity index (χ1v) is 14.4. The van der Waals surface area contributed by atoms with Crippen molar-refractivity contribution in [2.24, 2.45) is 4.99 Å². The number of fused-ring (bicyclic) bond motifs is 1. The molecule has 0 aromatic heterocycles. The maximum Gasteiger partial charge on any atom is 0.251 e. The van der Waals surface area contributed by atoms with E-state index in [1.807, 2.05) is 78.9 Å². The highest BCUT2D eigenvalue weighted by Crippen LogP contribution is 2.37. The van der Waals surface area contributed by atoms with Crippen molar-refractivity contribution < 1.29 is 9.59 Å². The summed E-state index contributed by atoms with van der Waals surface area (Å²) in [5, 5.41) is 5.96. The number of carbonyl (C=O) groups excluding carboxylic acids is 2. The maximum absolute atomic E-state index is 13.4. The van der Waals surface area contributed by atoms with Gasteiger partial charge < -0.3 is 10.6 Å². The highest BCUT2D eigenvalue weighted by atomic mass is 16.2. The minimum Gasteiger partial charge on any atom is -0.348 e. The first kappa shape index (κ1) is 26.7. The van der Waals surface area contributed by atoms with Gasteiger partial charge in [0.25, 0.3) is 5.91 Å². The van der Waals surface area contributed by atoms with Gasteiger partial charge in [-0.1, -0.05) is 85.3 Å². The van der Waals surface area contributed by atoms with E-state index in [1.54, 1.807) is 12.1 Å². The van der Waals surface area contributed by atoms with Crippen molar-refractivity contribution in [2.45, 2.75) is 38.3 Å². The number of hydrogen-bond donors (Lipinski definition) is 2. The number of amides is 2. The Morgan fingerprint density at radius 2 is 1.51 bits per heavy atom. The molecular formula is C35H34N4O2. The summed E-state index contributed by atoms with van der Waals surface area (Å²) >= 11 is 0. The van der Waals surface area contributed by atoms with E-state index in [0.717, 1.165) is 42.0 Å². The number of carbonyl (C=O) groups is 2. The fourth-order valence-electron chi connectivity index (χ4n) is 5.65. The van der Waals surface area contributed by atoms with Crippen LogP contribution < -0.4 is 10.6 Å². The predicted octanol–water partition coefficient (Wildman–Crippen LogP) is 6.46. The summed E-state index contributed by atoms with van der Waals surface area (Å²) in [5.74, 6) is -0.913. The van der Waals surface area contributed by atoms with Crippen molar-refractivity contribution in [1.82, 2.24) is 10.2 Å². The number of piperidine rings is 1. The molecule has 206 valence electrons. The standard InChI is InChI=1S/C35H34N4O2/c40-34(36-23-25-10-4-1-5-11-25)28-16-19-30-31(22-28)38-35(41)32(30)33(27-12-6-2-7-13-27)37-29-17-14-26(15-18-29)24-39-20-8-3-9-21-39/h1-2,4-7,10-19,22,32H,3,8-9,20-21,23-24H2,(H,36,40)(H,38,41). The zero-order valence-electron chi connectivity index (χ0n) is 23.1. The molecule has 6 rings (SSSR count). The second-order valence-corrected chi connectivity index (χ2v) is 10.8. The van der Waals surface area contributed by atoms with E-state index in [1.165, 1.54) is 24.8 Å². The fraction of sp³-hybridized carbons (Fsp3) is 0.229. The Bertz CT molecular complexity index is 1540. The Hall–Kier alpha value is -4.55. The van der Waals surface area contributed by atoms with E-state index < -0.39 is 5.92 Å². The molecule has 1 atom stereocenters. The molecule has 2 amide bonds. The zero-order chi connectivity index (χ0) is 28.0. The average molecular weight is 543 g/mol. The average Bonchev–Trinajstić information content (AvgIpc) is 3.35. The van der Waals surface area contributed by atoms with Crippen LogP contribution in [0.15, 0.2) is 108 Å². The molecular weight excluding hydrogens is 508 g/mol. The predicted molar refractivity (Wildman–Crippen MR) is 164 cm³/mol. The van der Waals surface area contributed by atoms with Gasteiger partial charge in [-0.15, -0.1) is 0 Å². The Morgan fingerprint density at radius 1 is 0.805 bits per heavy atom. The van der Waals surface area contributed by atoms with Crippen molar-refractivity contribution in [3.63, 3.8) is 0 Å². The minimum atomic E-state index is -0.582. The van der Waals surface area contributed by atoms with Crippen LogP contribution in [0, 0.1) is 0 Å². The van der Waals surface area contributed by atoms with Gasteiger partial charge in [-0.2, -0.15) is 0 Å². The molecule has 6 nitrogen and oxygen atoms in total. The SMILES string of the molecule is O=C(NCc1ccccc1)c1ccc2c(c1)NC(=O)C2C(=Nc1ccc(CN2CCCCC2)cc1)c1ccccc1. The normalized spacial score (nSPS) is 17.1. The number of rotatable bonds is 8. The Labute approximate surface area is 241 Å². The molecule has 4 aromatic carbocycles. The summed E-state index contributed by atoms with van der Waals surface area (Å²) in [7, 11) is 0. The van der Waals surface area contributed by atoms with E-state index in [9.17, 15) is 9.59 Å². The number of nitrogens with zero attached hydrogens (tertiary/aromatic N) is 2. The molecule has 0 spiro atoms. The van der Waals surface area contributed by atoms with Crippen LogP contribution in [0.3, 0.4) is 0 Å². The fourth-order valence-corrected chi connectivity index (χ4v) is 5.65. The van der Waals surface area contributed by atoms with Crippen LogP contribution in [0.1, 0.15) is 57.8 Å². The van der Waals surface area contributed by atoms with E-state index in [0.29, 0.717) is 23.5 Å². The van der Waals surface area contributed by atoms with Gasteiger partial charge in [0.2, 0.25) is 5.91 Å². The molecule has 0 bridgehead atoms.